The molecule has 0 amide bonds. The number of hydrogen-bond acceptors (Lipinski definition) is 3. The highest BCUT2D eigenvalue weighted by Gasteiger charge is 2.19. The van der Waals surface area contributed by atoms with Gasteiger partial charge in [0.1, 0.15) is 22.7 Å². The van der Waals surface area contributed by atoms with Crippen molar-refractivity contribution < 1.29 is 13.9 Å². The van der Waals surface area contributed by atoms with Gasteiger partial charge in [-0.05, 0) is 32.0 Å². The SMILES string of the molecule is Cc1cc2c(C(C)CO)c3oc(C)cc3cc2o1. The number of furan rings is 2. The molecule has 94 valence electrons. The molecule has 0 saturated carbocycles. The summed E-state index contributed by atoms with van der Waals surface area (Å²) in [7, 11) is 0. The first-order valence-electron chi connectivity index (χ1n) is 6.14. The van der Waals surface area contributed by atoms with E-state index in [-0.39, 0.29) is 12.5 Å². The number of aliphatic hydroxyl groups is 1. The summed E-state index contributed by atoms with van der Waals surface area (Å²) in [6, 6.07) is 6.01. The van der Waals surface area contributed by atoms with E-state index in [1.807, 2.05) is 39.0 Å². The van der Waals surface area contributed by atoms with E-state index in [2.05, 4.69) is 0 Å². The van der Waals surface area contributed by atoms with Gasteiger partial charge in [0.15, 0.2) is 0 Å². The van der Waals surface area contributed by atoms with E-state index >= 15 is 0 Å². The monoisotopic (exact) mass is 244 g/mol. The molecule has 1 atom stereocenters. The second-order valence-corrected chi connectivity index (χ2v) is 4.92. The van der Waals surface area contributed by atoms with Crippen molar-refractivity contribution >= 4 is 21.9 Å². The van der Waals surface area contributed by atoms with E-state index in [4.69, 9.17) is 8.83 Å². The van der Waals surface area contributed by atoms with E-state index < -0.39 is 0 Å². The van der Waals surface area contributed by atoms with Crippen LogP contribution >= 0.6 is 0 Å². The molecule has 1 unspecified atom stereocenters. The van der Waals surface area contributed by atoms with Crippen LogP contribution in [0.1, 0.15) is 29.9 Å². The van der Waals surface area contributed by atoms with Crippen LogP contribution in [0.15, 0.2) is 27.0 Å². The average Bonchev–Trinajstić information content (AvgIpc) is 2.85. The summed E-state index contributed by atoms with van der Waals surface area (Å²) < 4.78 is 11.5. The normalized spacial score (nSPS) is 13.6. The van der Waals surface area contributed by atoms with Gasteiger partial charge in [-0.3, -0.25) is 0 Å². The van der Waals surface area contributed by atoms with Gasteiger partial charge in [-0.15, -0.1) is 0 Å². The third kappa shape index (κ3) is 1.55. The highest BCUT2D eigenvalue weighted by atomic mass is 16.3. The second kappa shape index (κ2) is 3.89. The molecule has 0 aliphatic heterocycles. The van der Waals surface area contributed by atoms with Crippen molar-refractivity contribution in [1.29, 1.82) is 0 Å². The van der Waals surface area contributed by atoms with Crippen LogP contribution in [-0.4, -0.2) is 11.7 Å². The molecule has 3 aromatic rings. The third-order valence-electron chi connectivity index (χ3n) is 3.36. The Morgan fingerprint density at radius 2 is 1.83 bits per heavy atom. The van der Waals surface area contributed by atoms with Gasteiger partial charge < -0.3 is 13.9 Å². The molecule has 3 rings (SSSR count). The number of hydrogen-bond donors (Lipinski definition) is 1. The molecule has 18 heavy (non-hydrogen) atoms. The molecule has 0 aliphatic carbocycles. The summed E-state index contributed by atoms with van der Waals surface area (Å²) in [6.45, 7) is 5.95. The zero-order valence-corrected chi connectivity index (χ0v) is 10.8. The molecule has 0 radical (unpaired) electrons. The van der Waals surface area contributed by atoms with E-state index in [9.17, 15) is 5.11 Å². The molecular weight excluding hydrogens is 228 g/mol. The van der Waals surface area contributed by atoms with Crippen LogP contribution in [0.2, 0.25) is 0 Å². The predicted molar refractivity (Wildman–Crippen MR) is 71.0 cm³/mol. The van der Waals surface area contributed by atoms with Gasteiger partial charge in [0, 0.05) is 28.9 Å². The minimum absolute atomic E-state index is 0.0266. The summed E-state index contributed by atoms with van der Waals surface area (Å²) in [5.74, 6) is 1.78. The molecular formula is C15H16O3. The smallest absolute Gasteiger partial charge is 0.138 e. The molecule has 0 saturated heterocycles. The number of aliphatic hydroxyl groups excluding tert-OH is 1. The summed E-state index contributed by atoms with van der Waals surface area (Å²) in [5.41, 5.74) is 2.76. The Hall–Kier alpha value is -1.74. The Kier molecular flexibility index (Phi) is 2.45. The molecule has 2 heterocycles. The molecule has 3 heteroatoms. The summed E-state index contributed by atoms with van der Waals surface area (Å²) >= 11 is 0. The van der Waals surface area contributed by atoms with E-state index in [0.29, 0.717) is 0 Å². The van der Waals surface area contributed by atoms with Gasteiger partial charge in [0.2, 0.25) is 0 Å². The first kappa shape index (κ1) is 11.4. The minimum Gasteiger partial charge on any atom is -0.461 e. The van der Waals surface area contributed by atoms with Crippen LogP contribution in [0.25, 0.3) is 21.9 Å². The molecule has 1 aromatic carbocycles. The lowest BCUT2D eigenvalue weighted by Crippen LogP contribution is -1.99. The highest BCUT2D eigenvalue weighted by molar-refractivity contribution is 5.98. The van der Waals surface area contributed by atoms with Crippen molar-refractivity contribution in [3.63, 3.8) is 0 Å². The molecule has 0 fully saturated rings. The van der Waals surface area contributed by atoms with Crippen molar-refractivity contribution in [3.05, 3.63) is 35.3 Å². The minimum atomic E-state index is 0.0266. The average molecular weight is 244 g/mol. The maximum Gasteiger partial charge on any atom is 0.138 e. The van der Waals surface area contributed by atoms with Crippen molar-refractivity contribution in [1.82, 2.24) is 0 Å². The van der Waals surface area contributed by atoms with E-state index in [1.54, 1.807) is 0 Å². The lowest BCUT2D eigenvalue weighted by atomic mass is 9.96. The summed E-state index contributed by atoms with van der Waals surface area (Å²) in [5, 5.41) is 11.5. The van der Waals surface area contributed by atoms with Crippen LogP contribution in [0, 0.1) is 13.8 Å². The van der Waals surface area contributed by atoms with Gasteiger partial charge in [-0.1, -0.05) is 6.92 Å². The number of benzene rings is 1. The Labute approximate surface area is 105 Å². The van der Waals surface area contributed by atoms with Crippen LogP contribution < -0.4 is 0 Å². The topological polar surface area (TPSA) is 46.5 Å². The lowest BCUT2D eigenvalue weighted by Gasteiger charge is -2.10. The van der Waals surface area contributed by atoms with E-state index in [0.717, 1.165) is 39.0 Å². The Bertz CT molecular complexity index is 663. The maximum atomic E-state index is 9.45. The fourth-order valence-electron chi connectivity index (χ4n) is 2.55. The molecule has 0 bridgehead atoms. The molecule has 2 aromatic heterocycles. The molecule has 3 nitrogen and oxygen atoms in total. The van der Waals surface area contributed by atoms with Crippen LogP contribution in [0.5, 0.6) is 0 Å². The number of aryl methyl sites for hydroxylation is 2. The van der Waals surface area contributed by atoms with Gasteiger partial charge >= 0.3 is 0 Å². The van der Waals surface area contributed by atoms with Gasteiger partial charge in [-0.2, -0.15) is 0 Å². The molecule has 0 aliphatic rings. The first-order chi connectivity index (χ1) is 8.60. The molecule has 1 N–H and O–H groups in total. The summed E-state index contributed by atoms with van der Waals surface area (Å²) in [4.78, 5) is 0. The van der Waals surface area contributed by atoms with Crippen molar-refractivity contribution in [3.8, 4) is 0 Å². The van der Waals surface area contributed by atoms with Crippen LogP contribution in [0.4, 0.5) is 0 Å². The van der Waals surface area contributed by atoms with Crippen molar-refractivity contribution in [2.24, 2.45) is 0 Å². The Morgan fingerprint density at radius 3 is 2.56 bits per heavy atom. The fraction of sp³-hybridized carbons (Fsp3) is 0.333. The van der Waals surface area contributed by atoms with Gasteiger partial charge in [0.25, 0.3) is 0 Å². The zero-order valence-electron chi connectivity index (χ0n) is 10.8. The number of rotatable bonds is 2. The largest absolute Gasteiger partial charge is 0.461 e. The standard InChI is InChI=1S/C15H16O3/c1-8(7-16)14-12-5-10(3)17-13(12)6-11-4-9(2)18-15(11)14/h4-6,8,16H,7H2,1-3H3. The maximum absolute atomic E-state index is 9.45. The zero-order chi connectivity index (χ0) is 12.9. The lowest BCUT2D eigenvalue weighted by molar-refractivity contribution is 0.273. The number of fused-ring (bicyclic) bond motifs is 2. The van der Waals surface area contributed by atoms with Crippen molar-refractivity contribution in [2.75, 3.05) is 6.61 Å². The Balaban J connectivity index is 2.47. The quantitative estimate of drug-likeness (QED) is 0.743. The van der Waals surface area contributed by atoms with Crippen molar-refractivity contribution in [2.45, 2.75) is 26.7 Å². The first-order valence-corrected chi connectivity index (χ1v) is 6.14. The van der Waals surface area contributed by atoms with Crippen LogP contribution in [0.3, 0.4) is 0 Å². The van der Waals surface area contributed by atoms with Crippen LogP contribution in [-0.2, 0) is 0 Å². The third-order valence-corrected chi connectivity index (χ3v) is 3.36. The highest BCUT2D eigenvalue weighted by Crippen LogP contribution is 2.36. The molecule has 0 spiro atoms. The summed E-state index contributed by atoms with van der Waals surface area (Å²) in [6.07, 6.45) is 0. The predicted octanol–water partition coefficient (Wildman–Crippen LogP) is 3.89. The second-order valence-electron chi connectivity index (χ2n) is 4.92. The fourth-order valence-corrected chi connectivity index (χ4v) is 2.55. The van der Waals surface area contributed by atoms with E-state index in [1.165, 1.54) is 0 Å². The van der Waals surface area contributed by atoms with Gasteiger partial charge in [0.05, 0.1) is 0 Å². The Morgan fingerprint density at radius 1 is 1.11 bits per heavy atom. The van der Waals surface area contributed by atoms with Gasteiger partial charge in [-0.25, -0.2) is 0 Å².